The van der Waals surface area contributed by atoms with E-state index in [0.29, 0.717) is 26.2 Å². The topological polar surface area (TPSA) is 49.4 Å². The fraction of sp³-hybridized carbons (Fsp3) is 1.00. The van der Waals surface area contributed by atoms with Crippen LogP contribution < -0.4 is 5.32 Å². The van der Waals surface area contributed by atoms with Crippen molar-refractivity contribution < 1.29 is 8.42 Å². The van der Waals surface area contributed by atoms with Crippen LogP contribution in [-0.2, 0) is 9.24 Å². The summed E-state index contributed by atoms with van der Waals surface area (Å²) in [5.74, 6) is 0. The Morgan fingerprint density at radius 3 is 2.00 bits per heavy atom. The van der Waals surface area contributed by atoms with Crippen LogP contribution in [-0.4, -0.2) is 38.9 Å². The summed E-state index contributed by atoms with van der Waals surface area (Å²) in [6.45, 7) is 2.33. The van der Waals surface area contributed by atoms with Gasteiger partial charge < -0.3 is 5.32 Å². The second-order valence-electron chi connectivity index (χ2n) is 2.09. The van der Waals surface area contributed by atoms with E-state index >= 15 is 0 Å². The summed E-state index contributed by atoms with van der Waals surface area (Å²) in [5, 5.41) is 3.02. The van der Waals surface area contributed by atoms with Gasteiger partial charge in [-0.15, -0.1) is 12.4 Å². The fourth-order valence-corrected chi connectivity index (χ4v) is 1.90. The SMILES string of the molecule is Cl.O=S(=O)(Cl)N1CCNCC1. The van der Waals surface area contributed by atoms with Gasteiger partial charge in [-0.2, -0.15) is 12.7 Å². The van der Waals surface area contributed by atoms with Gasteiger partial charge in [0.1, 0.15) is 0 Å². The molecule has 0 atom stereocenters. The van der Waals surface area contributed by atoms with Crippen molar-refractivity contribution in [3.63, 3.8) is 0 Å². The van der Waals surface area contributed by atoms with Gasteiger partial charge in [0.2, 0.25) is 0 Å². The van der Waals surface area contributed by atoms with Gasteiger partial charge in [0.25, 0.3) is 9.24 Å². The molecule has 0 bridgehead atoms. The maximum atomic E-state index is 10.6. The predicted molar refractivity (Wildman–Crippen MR) is 46.5 cm³/mol. The monoisotopic (exact) mass is 220 g/mol. The molecule has 1 aliphatic rings. The van der Waals surface area contributed by atoms with E-state index in [-0.39, 0.29) is 12.4 Å². The molecule has 1 rings (SSSR count). The van der Waals surface area contributed by atoms with Crippen molar-refractivity contribution in [1.29, 1.82) is 0 Å². The third kappa shape index (κ3) is 3.57. The molecule has 0 aromatic rings. The Hall–Kier alpha value is 0.450. The molecular weight excluding hydrogens is 211 g/mol. The quantitative estimate of drug-likeness (QED) is 0.623. The van der Waals surface area contributed by atoms with Gasteiger partial charge in [-0.3, -0.25) is 0 Å². The van der Waals surface area contributed by atoms with Crippen LogP contribution in [0.15, 0.2) is 0 Å². The summed E-state index contributed by atoms with van der Waals surface area (Å²) in [6, 6.07) is 0. The van der Waals surface area contributed by atoms with Gasteiger partial charge in [-0.1, -0.05) is 0 Å². The van der Waals surface area contributed by atoms with Crippen LogP contribution in [0.5, 0.6) is 0 Å². The van der Waals surface area contributed by atoms with Crippen molar-refractivity contribution in [3.05, 3.63) is 0 Å². The molecule has 0 aromatic carbocycles. The van der Waals surface area contributed by atoms with Gasteiger partial charge in [-0.25, -0.2) is 0 Å². The summed E-state index contributed by atoms with van der Waals surface area (Å²) >= 11 is 0. The van der Waals surface area contributed by atoms with Gasteiger partial charge in [0, 0.05) is 36.9 Å². The molecule has 1 heterocycles. The third-order valence-corrected chi connectivity index (χ3v) is 2.95. The first kappa shape index (κ1) is 11.4. The van der Waals surface area contributed by atoms with E-state index in [1.165, 1.54) is 4.31 Å². The second kappa shape index (κ2) is 4.47. The summed E-state index contributed by atoms with van der Waals surface area (Å²) in [4.78, 5) is 0. The molecule has 68 valence electrons. The molecule has 0 unspecified atom stereocenters. The highest BCUT2D eigenvalue weighted by atomic mass is 35.7. The third-order valence-electron chi connectivity index (χ3n) is 1.38. The summed E-state index contributed by atoms with van der Waals surface area (Å²) in [5.41, 5.74) is 0. The molecule has 7 heteroatoms. The van der Waals surface area contributed by atoms with E-state index in [4.69, 9.17) is 10.7 Å². The standard InChI is InChI=1S/C4H9ClN2O2S.ClH/c5-10(8,9)7-3-1-6-2-4-7;/h6H,1-4H2;1H. The first-order chi connectivity index (χ1) is 4.61. The summed E-state index contributed by atoms with van der Waals surface area (Å²) in [6.07, 6.45) is 0. The molecule has 1 fully saturated rings. The average molecular weight is 221 g/mol. The zero-order chi connectivity index (χ0) is 7.61. The van der Waals surface area contributed by atoms with Gasteiger partial charge in [0.05, 0.1) is 0 Å². The molecule has 4 nitrogen and oxygen atoms in total. The smallest absolute Gasteiger partial charge is 0.299 e. The van der Waals surface area contributed by atoms with E-state index in [0.717, 1.165) is 0 Å². The van der Waals surface area contributed by atoms with Crippen LogP contribution in [0.25, 0.3) is 0 Å². The van der Waals surface area contributed by atoms with Gasteiger partial charge in [-0.05, 0) is 0 Å². The zero-order valence-electron chi connectivity index (χ0n) is 5.79. The van der Waals surface area contributed by atoms with Crippen molar-refractivity contribution in [2.24, 2.45) is 0 Å². The minimum absolute atomic E-state index is 0. The molecule has 1 saturated heterocycles. The van der Waals surface area contributed by atoms with Crippen molar-refractivity contribution >= 4 is 32.3 Å². The average Bonchev–Trinajstić information content (AvgIpc) is 1.88. The number of hydrogen-bond acceptors (Lipinski definition) is 3. The molecule has 0 radical (unpaired) electrons. The minimum atomic E-state index is -3.46. The Kier molecular flexibility index (Phi) is 4.65. The van der Waals surface area contributed by atoms with E-state index < -0.39 is 9.24 Å². The Labute approximate surface area is 76.9 Å². The summed E-state index contributed by atoms with van der Waals surface area (Å²) < 4.78 is 22.6. The molecule has 0 aromatic heterocycles. The lowest BCUT2D eigenvalue weighted by Crippen LogP contribution is -2.44. The number of piperazine rings is 1. The fourth-order valence-electron chi connectivity index (χ4n) is 0.862. The minimum Gasteiger partial charge on any atom is -0.314 e. The van der Waals surface area contributed by atoms with Crippen molar-refractivity contribution in [1.82, 2.24) is 9.62 Å². The van der Waals surface area contributed by atoms with Crippen LogP contribution in [0, 0.1) is 0 Å². The van der Waals surface area contributed by atoms with Crippen molar-refractivity contribution in [2.45, 2.75) is 0 Å². The Bertz CT molecular complexity index is 200. The number of halogens is 2. The van der Waals surface area contributed by atoms with Crippen LogP contribution in [0.1, 0.15) is 0 Å². The maximum Gasteiger partial charge on any atom is 0.299 e. The zero-order valence-corrected chi connectivity index (χ0v) is 8.18. The molecule has 1 N–H and O–H groups in total. The molecular formula is C4H10Cl2N2O2S. The van der Waals surface area contributed by atoms with E-state index in [9.17, 15) is 8.42 Å². The Morgan fingerprint density at radius 2 is 1.73 bits per heavy atom. The van der Waals surface area contributed by atoms with Crippen LogP contribution in [0.2, 0.25) is 0 Å². The molecule has 0 saturated carbocycles. The number of nitrogens with zero attached hydrogens (tertiary/aromatic N) is 1. The molecule has 0 amide bonds. The normalized spacial score (nSPS) is 20.8. The lowest BCUT2D eigenvalue weighted by atomic mass is 10.4. The predicted octanol–water partition coefficient (Wildman–Crippen LogP) is -0.203. The lowest BCUT2D eigenvalue weighted by molar-refractivity contribution is 0.367. The van der Waals surface area contributed by atoms with Crippen molar-refractivity contribution in [3.8, 4) is 0 Å². The number of nitrogens with one attached hydrogen (secondary N) is 1. The Morgan fingerprint density at radius 1 is 1.27 bits per heavy atom. The molecule has 0 spiro atoms. The van der Waals surface area contributed by atoms with Crippen LogP contribution in [0.4, 0.5) is 0 Å². The van der Waals surface area contributed by atoms with Crippen LogP contribution in [0.3, 0.4) is 0 Å². The van der Waals surface area contributed by atoms with E-state index in [2.05, 4.69) is 5.32 Å². The molecule has 0 aliphatic carbocycles. The van der Waals surface area contributed by atoms with Crippen molar-refractivity contribution in [2.75, 3.05) is 26.2 Å². The maximum absolute atomic E-state index is 10.6. The summed E-state index contributed by atoms with van der Waals surface area (Å²) in [7, 11) is 1.62. The van der Waals surface area contributed by atoms with E-state index in [1.807, 2.05) is 0 Å². The second-order valence-corrected chi connectivity index (χ2v) is 4.60. The molecule has 1 aliphatic heterocycles. The largest absolute Gasteiger partial charge is 0.314 e. The highest BCUT2D eigenvalue weighted by Crippen LogP contribution is 2.05. The highest BCUT2D eigenvalue weighted by Gasteiger charge is 2.20. The first-order valence-electron chi connectivity index (χ1n) is 3.01. The highest BCUT2D eigenvalue weighted by molar-refractivity contribution is 8.11. The Balaban J connectivity index is 0.000001000. The lowest BCUT2D eigenvalue weighted by Gasteiger charge is -2.23. The number of hydrogen-bond donors (Lipinski definition) is 1. The van der Waals surface area contributed by atoms with Gasteiger partial charge in [0.15, 0.2) is 0 Å². The number of rotatable bonds is 1. The molecule has 11 heavy (non-hydrogen) atoms. The van der Waals surface area contributed by atoms with Gasteiger partial charge >= 0.3 is 0 Å². The van der Waals surface area contributed by atoms with Crippen LogP contribution >= 0.6 is 23.1 Å². The van der Waals surface area contributed by atoms with E-state index in [1.54, 1.807) is 0 Å². The first-order valence-corrected chi connectivity index (χ1v) is 5.28.